The molecular formula is C10H16N2O2. The fourth-order valence-electron chi connectivity index (χ4n) is 1.65. The van der Waals surface area contributed by atoms with Gasteiger partial charge in [0.2, 0.25) is 0 Å². The minimum absolute atomic E-state index is 0.377. The largest absolute Gasteiger partial charge is 0.445 e. The SMILES string of the molecule is Nc1ccc(CNCC2CCCO2)o1. The Balaban J connectivity index is 1.67. The fourth-order valence-corrected chi connectivity index (χ4v) is 1.65. The molecular weight excluding hydrogens is 180 g/mol. The van der Waals surface area contributed by atoms with Crippen LogP contribution in [0.5, 0.6) is 0 Å². The summed E-state index contributed by atoms with van der Waals surface area (Å²) in [5.41, 5.74) is 5.45. The van der Waals surface area contributed by atoms with E-state index in [1.807, 2.05) is 6.07 Å². The van der Waals surface area contributed by atoms with Crippen LogP contribution >= 0.6 is 0 Å². The zero-order chi connectivity index (χ0) is 9.80. The molecule has 0 bridgehead atoms. The first-order valence-electron chi connectivity index (χ1n) is 5.01. The molecule has 4 nitrogen and oxygen atoms in total. The first kappa shape index (κ1) is 9.55. The number of hydrogen-bond donors (Lipinski definition) is 2. The lowest BCUT2D eigenvalue weighted by Gasteiger charge is -2.09. The van der Waals surface area contributed by atoms with Crippen molar-refractivity contribution in [2.24, 2.45) is 0 Å². The van der Waals surface area contributed by atoms with Gasteiger partial charge in [-0.05, 0) is 18.9 Å². The summed E-state index contributed by atoms with van der Waals surface area (Å²) in [7, 11) is 0. The van der Waals surface area contributed by atoms with Gasteiger partial charge in [0.1, 0.15) is 5.76 Å². The Morgan fingerprint density at radius 3 is 3.07 bits per heavy atom. The van der Waals surface area contributed by atoms with Crippen molar-refractivity contribution in [2.45, 2.75) is 25.5 Å². The molecule has 1 fully saturated rings. The molecule has 0 aromatic carbocycles. The van der Waals surface area contributed by atoms with Crippen LogP contribution in [0.15, 0.2) is 16.5 Å². The molecule has 1 saturated heterocycles. The van der Waals surface area contributed by atoms with Gasteiger partial charge in [0.15, 0.2) is 5.88 Å². The minimum Gasteiger partial charge on any atom is -0.445 e. The van der Waals surface area contributed by atoms with Crippen LogP contribution < -0.4 is 11.1 Å². The van der Waals surface area contributed by atoms with Gasteiger partial charge in [0.05, 0.1) is 12.6 Å². The van der Waals surface area contributed by atoms with Crippen molar-refractivity contribution in [2.75, 3.05) is 18.9 Å². The van der Waals surface area contributed by atoms with Gasteiger partial charge in [-0.1, -0.05) is 0 Å². The van der Waals surface area contributed by atoms with Crippen LogP contribution in [-0.2, 0) is 11.3 Å². The highest BCUT2D eigenvalue weighted by Gasteiger charge is 2.14. The molecule has 1 aromatic heterocycles. The van der Waals surface area contributed by atoms with Crippen LogP contribution in [0.4, 0.5) is 5.88 Å². The number of ether oxygens (including phenoxy) is 1. The lowest BCUT2D eigenvalue weighted by atomic mass is 10.2. The highest BCUT2D eigenvalue weighted by molar-refractivity contribution is 5.25. The summed E-state index contributed by atoms with van der Waals surface area (Å²) in [6.07, 6.45) is 2.72. The van der Waals surface area contributed by atoms with Crippen LogP contribution in [0.25, 0.3) is 0 Å². The van der Waals surface area contributed by atoms with Crippen molar-refractivity contribution in [1.82, 2.24) is 5.32 Å². The third-order valence-corrected chi connectivity index (χ3v) is 2.38. The summed E-state index contributed by atoms with van der Waals surface area (Å²) in [5.74, 6) is 1.35. The van der Waals surface area contributed by atoms with E-state index in [0.717, 1.165) is 31.9 Å². The highest BCUT2D eigenvalue weighted by Crippen LogP contribution is 2.12. The summed E-state index contributed by atoms with van der Waals surface area (Å²) in [5, 5.41) is 3.28. The number of furan rings is 1. The molecule has 4 heteroatoms. The Hall–Kier alpha value is -1.00. The van der Waals surface area contributed by atoms with Gasteiger partial charge in [-0.15, -0.1) is 0 Å². The number of rotatable bonds is 4. The molecule has 1 unspecified atom stereocenters. The first-order chi connectivity index (χ1) is 6.84. The maximum Gasteiger partial charge on any atom is 0.190 e. The smallest absolute Gasteiger partial charge is 0.190 e. The van der Waals surface area contributed by atoms with Gasteiger partial charge in [-0.2, -0.15) is 0 Å². The normalized spacial score (nSPS) is 21.6. The predicted octanol–water partition coefficient (Wildman–Crippen LogP) is 1.13. The summed E-state index contributed by atoms with van der Waals surface area (Å²) in [6, 6.07) is 3.65. The van der Waals surface area contributed by atoms with Crippen molar-refractivity contribution in [3.05, 3.63) is 17.9 Å². The third-order valence-electron chi connectivity index (χ3n) is 2.38. The van der Waals surface area contributed by atoms with E-state index in [1.165, 1.54) is 6.42 Å². The maximum atomic E-state index is 5.48. The molecule has 1 aliphatic heterocycles. The fraction of sp³-hybridized carbons (Fsp3) is 0.600. The zero-order valence-corrected chi connectivity index (χ0v) is 8.16. The van der Waals surface area contributed by atoms with Gasteiger partial charge in [0.25, 0.3) is 0 Å². The quantitative estimate of drug-likeness (QED) is 0.757. The lowest BCUT2D eigenvalue weighted by molar-refractivity contribution is 0.109. The van der Waals surface area contributed by atoms with Crippen molar-refractivity contribution in [1.29, 1.82) is 0 Å². The molecule has 0 aliphatic carbocycles. The molecule has 1 atom stereocenters. The molecule has 0 radical (unpaired) electrons. The van der Waals surface area contributed by atoms with Crippen LogP contribution in [0.2, 0.25) is 0 Å². The molecule has 2 rings (SSSR count). The highest BCUT2D eigenvalue weighted by atomic mass is 16.5. The average Bonchev–Trinajstić information content (AvgIpc) is 2.77. The Kier molecular flexibility index (Phi) is 3.06. The van der Waals surface area contributed by atoms with Crippen LogP contribution in [-0.4, -0.2) is 19.3 Å². The third kappa shape index (κ3) is 2.49. The second-order valence-electron chi connectivity index (χ2n) is 3.57. The van der Waals surface area contributed by atoms with Gasteiger partial charge < -0.3 is 20.2 Å². The van der Waals surface area contributed by atoms with Crippen molar-refractivity contribution < 1.29 is 9.15 Å². The zero-order valence-electron chi connectivity index (χ0n) is 8.16. The molecule has 3 N–H and O–H groups in total. The molecule has 78 valence electrons. The molecule has 1 aromatic rings. The van der Waals surface area contributed by atoms with E-state index in [4.69, 9.17) is 14.9 Å². The van der Waals surface area contributed by atoms with Crippen LogP contribution in [0.3, 0.4) is 0 Å². The number of anilines is 1. The topological polar surface area (TPSA) is 60.4 Å². The standard InChI is InChI=1S/C10H16N2O2/c11-10-4-3-9(14-10)7-12-6-8-2-1-5-13-8/h3-4,8,12H,1-2,5-7,11H2. The van der Waals surface area contributed by atoms with Gasteiger partial charge >= 0.3 is 0 Å². The monoisotopic (exact) mass is 196 g/mol. The van der Waals surface area contributed by atoms with E-state index >= 15 is 0 Å². The van der Waals surface area contributed by atoms with E-state index in [1.54, 1.807) is 6.07 Å². The van der Waals surface area contributed by atoms with E-state index in [9.17, 15) is 0 Å². The van der Waals surface area contributed by atoms with Gasteiger partial charge in [0, 0.05) is 19.2 Å². The molecule has 14 heavy (non-hydrogen) atoms. The second kappa shape index (κ2) is 4.48. The summed E-state index contributed by atoms with van der Waals surface area (Å²) >= 11 is 0. The molecule has 0 amide bonds. The average molecular weight is 196 g/mol. The Labute approximate surface area is 83.4 Å². The Morgan fingerprint density at radius 1 is 1.50 bits per heavy atom. The first-order valence-corrected chi connectivity index (χ1v) is 5.01. The Morgan fingerprint density at radius 2 is 2.43 bits per heavy atom. The number of nitrogen functional groups attached to an aromatic ring is 1. The molecule has 2 heterocycles. The summed E-state index contributed by atoms with van der Waals surface area (Å²) in [6.45, 7) is 2.51. The van der Waals surface area contributed by atoms with Crippen molar-refractivity contribution in [3.63, 3.8) is 0 Å². The van der Waals surface area contributed by atoms with E-state index < -0.39 is 0 Å². The maximum absolute atomic E-state index is 5.48. The number of nitrogens with two attached hydrogens (primary N) is 1. The van der Waals surface area contributed by atoms with Crippen molar-refractivity contribution >= 4 is 5.88 Å². The van der Waals surface area contributed by atoms with Crippen molar-refractivity contribution in [3.8, 4) is 0 Å². The van der Waals surface area contributed by atoms with Gasteiger partial charge in [-0.3, -0.25) is 0 Å². The number of nitrogens with one attached hydrogen (secondary N) is 1. The van der Waals surface area contributed by atoms with Crippen LogP contribution in [0.1, 0.15) is 18.6 Å². The van der Waals surface area contributed by atoms with E-state index in [-0.39, 0.29) is 0 Å². The molecule has 1 aliphatic rings. The van der Waals surface area contributed by atoms with E-state index in [2.05, 4.69) is 5.32 Å². The predicted molar refractivity (Wildman–Crippen MR) is 53.8 cm³/mol. The van der Waals surface area contributed by atoms with Gasteiger partial charge in [-0.25, -0.2) is 0 Å². The summed E-state index contributed by atoms with van der Waals surface area (Å²) < 4.78 is 10.7. The lowest BCUT2D eigenvalue weighted by Crippen LogP contribution is -2.25. The minimum atomic E-state index is 0.377. The molecule has 0 spiro atoms. The molecule has 0 saturated carbocycles. The summed E-state index contributed by atoms with van der Waals surface area (Å²) in [4.78, 5) is 0. The van der Waals surface area contributed by atoms with E-state index in [0.29, 0.717) is 12.0 Å². The number of hydrogen-bond acceptors (Lipinski definition) is 4. The second-order valence-corrected chi connectivity index (χ2v) is 3.57. The Bertz CT molecular complexity index is 279. The van der Waals surface area contributed by atoms with Crippen LogP contribution in [0, 0.1) is 0 Å².